The second-order valence-corrected chi connectivity index (χ2v) is 6.75. The molecule has 4 nitrogen and oxygen atoms in total. The zero-order valence-electron chi connectivity index (χ0n) is 12.9. The summed E-state index contributed by atoms with van der Waals surface area (Å²) in [6.45, 7) is 9.51. The van der Waals surface area contributed by atoms with Crippen molar-refractivity contribution in [3.05, 3.63) is 11.1 Å². The summed E-state index contributed by atoms with van der Waals surface area (Å²) in [4.78, 5) is 8.38. The van der Waals surface area contributed by atoms with Crippen LogP contribution in [0.4, 0.5) is 5.13 Å². The van der Waals surface area contributed by atoms with Crippen LogP contribution >= 0.6 is 11.3 Å². The van der Waals surface area contributed by atoms with Crippen LogP contribution in [0.25, 0.3) is 0 Å². The van der Waals surface area contributed by atoms with Crippen LogP contribution < -0.4 is 10.2 Å². The van der Waals surface area contributed by atoms with Crippen molar-refractivity contribution >= 4 is 16.5 Å². The Morgan fingerprint density at radius 1 is 1.45 bits per heavy atom. The molecule has 0 aliphatic carbocycles. The van der Waals surface area contributed by atoms with Gasteiger partial charge in [-0.15, -0.1) is 11.3 Å². The molecule has 0 unspecified atom stereocenters. The van der Waals surface area contributed by atoms with Gasteiger partial charge in [0.1, 0.15) is 0 Å². The van der Waals surface area contributed by atoms with E-state index in [1.807, 2.05) is 17.5 Å². The summed E-state index contributed by atoms with van der Waals surface area (Å²) in [6, 6.07) is 0. The van der Waals surface area contributed by atoms with E-state index in [1.165, 1.54) is 35.8 Å². The summed E-state index contributed by atoms with van der Waals surface area (Å²) in [5.41, 5.74) is 0.516. The number of ether oxygens (including phenoxy) is 1. The van der Waals surface area contributed by atoms with Crippen LogP contribution in [0, 0.1) is 5.41 Å². The summed E-state index contributed by atoms with van der Waals surface area (Å²) < 4.78 is 5.03. The fourth-order valence-corrected chi connectivity index (χ4v) is 3.74. The minimum absolute atomic E-state index is 0.516. The van der Waals surface area contributed by atoms with E-state index in [-0.39, 0.29) is 0 Å². The molecule has 0 saturated carbocycles. The Labute approximate surface area is 126 Å². The lowest BCUT2D eigenvalue weighted by molar-refractivity contribution is 0.199. The number of rotatable bonds is 8. The van der Waals surface area contributed by atoms with Crippen molar-refractivity contribution in [1.29, 1.82) is 0 Å². The van der Waals surface area contributed by atoms with Crippen molar-refractivity contribution in [2.75, 3.05) is 38.3 Å². The summed E-state index contributed by atoms with van der Waals surface area (Å²) in [7, 11) is 1.73. The van der Waals surface area contributed by atoms with E-state index in [4.69, 9.17) is 4.74 Å². The molecule has 20 heavy (non-hydrogen) atoms. The van der Waals surface area contributed by atoms with Crippen LogP contribution in [-0.4, -0.2) is 38.3 Å². The maximum atomic E-state index is 5.03. The van der Waals surface area contributed by atoms with Crippen LogP contribution in [0.3, 0.4) is 0 Å². The van der Waals surface area contributed by atoms with Crippen LogP contribution in [-0.2, 0) is 11.3 Å². The Morgan fingerprint density at radius 2 is 2.25 bits per heavy atom. The van der Waals surface area contributed by atoms with Gasteiger partial charge in [-0.1, -0.05) is 13.8 Å². The molecule has 1 aliphatic rings. The van der Waals surface area contributed by atoms with Crippen molar-refractivity contribution in [2.24, 2.45) is 5.41 Å². The molecule has 1 aromatic rings. The summed E-state index contributed by atoms with van der Waals surface area (Å²) in [5, 5.41) is 4.56. The Bertz CT molecular complexity index is 404. The topological polar surface area (TPSA) is 37.4 Å². The maximum Gasteiger partial charge on any atom is 0.185 e. The third kappa shape index (κ3) is 3.71. The van der Waals surface area contributed by atoms with E-state index in [0.717, 1.165) is 26.2 Å². The van der Waals surface area contributed by atoms with E-state index < -0.39 is 0 Å². The Balaban J connectivity index is 1.86. The lowest BCUT2D eigenvalue weighted by Crippen LogP contribution is -2.25. The fourth-order valence-electron chi connectivity index (χ4n) is 2.84. The molecule has 1 N–H and O–H groups in total. The number of hydrogen-bond acceptors (Lipinski definition) is 5. The quantitative estimate of drug-likeness (QED) is 0.749. The molecule has 1 aliphatic heterocycles. The summed E-state index contributed by atoms with van der Waals surface area (Å²) in [6.07, 6.45) is 5.87. The average molecular weight is 297 g/mol. The molecule has 114 valence electrons. The van der Waals surface area contributed by atoms with E-state index >= 15 is 0 Å². The first-order valence-corrected chi connectivity index (χ1v) is 8.44. The van der Waals surface area contributed by atoms with Crippen molar-refractivity contribution in [3.8, 4) is 0 Å². The SMILES string of the molecule is CCC1(CC)CCN(c2ncc(CNCCOC)s2)C1. The summed E-state index contributed by atoms with van der Waals surface area (Å²) in [5.74, 6) is 0. The number of anilines is 1. The van der Waals surface area contributed by atoms with E-state index in [2.05, 4.69) is 29.0 Å². The third-order valence-electron chi connectivity index (χ3n) is 4.53. The Morgan fingerprint density at radius 3 is 2.90 bits per heavy atom. The predicted octanol–water partition coefficient (Wildman–Crippen LogP) is 2.90. The number of thiazole rings is 1. The van der Waals surface area contributed by atoms with Gasteiger partial charge in [-0.2, -0.15) is 0 Å². The monoisotopic (exact) mass is 297 g/mol. The fraction of sp³-hybridized carbons (Fsp3) is 0.800. The molecule has 1 fully saturated rings. The van der Waals surface area contributed by atoms with Gasteiger partial charge in [-0.25, -0.2) is 4.98 Å². The standard InChI is InChI=1S/C15H27N3OS/c1-4-15(5-2)6-8-18(12-15)14-17-11-13(20-14)10-16-7-9-19-3/h11,16H,4-10,12H2,1-3H3. The molecule has 1 aromatic heterocycles. The molecule has 0 atom stereocenters. The van der Waals surface area contributed by atoms with Crippen LogP contribution in [0.15, 0.2) is 6.20 Å². The summed E-state index contributed by atoms with van der Waals surface area (Å²) >= 11 is 1.82. The van der Waals surface area contributed by atoms with Crippen molar-refractivity contribution in [1.82, 2.24) is 10.3 Å². The van der Waals surface area contributed by atoms with Crippen LogP contribution in [0.2, 0.25) is 0 Å². The van der Waals surface area contributed by atoms with Crippen LogP contribution in [0.5, 0.6) is 0 Å². The minimum Gasteiger partial charge on any atom is -0.383 e. The van der Waals surface area contributed by atoms with Crippen molar-refractivity contribution < 1.29 is 4.74 Å². The molecule has 0 aromatic carbocycles. The second-order valence-electron chi connectivity index (χ2n) is 5.66. The third-order valence-corrected chi connectivity index (χ3v) is 5.59. The molecule has 0 amide bonds. The van der Waals surface area contributed by atoms with Gasteiger partial charge < -0.3 is 15.0 Å². The molecule has 5 heteroatoms. The van der Waals surface area contributed by atoms with E-state index in [1.54, 1.807) is 7.11 Å². The highest BCUT2D eigenvalue weighted by molar-refractivity contribution is 7.15. The first-order valence-electron chi connectivity index (χ1n) is 7.62. The van der Waals surface area contributed by atoms with Crippen LogP contribution in [0.1, 0.15) is 38.0 Å². The largest absolute Gasteiger partial charge is 0.383 e. The normalized spacial score (nSPS) is 17.9. The number of aromatic nitrogens is 1. The predicted molar refractivity (Wildman–Crippen MR) is 85.5 cm³/mol. The minimum atomic E-state index is 0.516. The highest BCUT2D eigenvalue weighted by Gasteiger charge is 2.35. The maximum absolute atomic E-state index is 5.03. The lowest BCUT2D eigenvalue weighted by atomic mass is 9.82. The first kappa shape index (κ1) is 15.7. The van der Waals surface area contributed by atoms with Gasteiger partial charge in [0.25, 0.3) is 0 Å². The molecular weight excluding hydrogens is 270 g/mol. The molecule has 0 radical (unpaired) electrons. The zero-order valence-corrected chi connectivity index (χ0v) is 13.8. The second kappa shape index (κ2) is 7.38. The average Bonchev–Trinajstić information content (AvgIpc) is 3.11. The van der Waals surface area contributed by atoms with Gasteiger partial charge in [0.15, 0.2) is 5.13 Å². The molecule has 0 bridgehead atoms. The van der Waals surface area contributed by atoms with Gasteiger partial charge in [-0.3, -0.25) is 0 Å². The van der Waals surface area contributed by atoms with Gasteiger partial charge in [0.05, 0.1) is 6.61 Å². The van der Waals surface area contributed by atoms with Gasteiger partial charge >= 0.3 is 0 Å². The number of nitrogens with zero attached hydrogens (tertiary/aromatic N) is 2. The van der Waals surface area contributed by atoms with Crippen molar-refractivity contribution in [3.63, 3.8) is 0 Å². The molecule has 1 saturated heterocycles. The zero-order chi connectivity index (χ0) is 14.4. The number of hydrogen-bond donors (Lipinski definition) is 1. The van der Waals surface area contributed by atoms with Gasteiger partial charge in [0.2, 0.25) is 0 Å². The lowest BCUT2D eigenvalue weighted by Gasteiger charge is -2.26. The van der Waals surface area contributed by atoms with E-state index in [0.29, 0.717) is 5.41 Å². The van der Waals surface area contributed by atoms with Gasteiger partial charge in [0, 0.05) is 44.4 Å². The van der Waals surface area contributed by atoms with E-state index in [9.17, 15) is 0 Å². The molecule has 0 spiro atoms. The van der Waals surface area contributed by atoms with Crippen molar-refractivity contribution in [2.45, 2.75) is 39.7 Å². The van der Waals surface area contributed by atoms with Gasteiger partial charge in [-0.05, 0) is 24.7 Å². The molecular formula is C15H27N3OS. The smallest absolute Gasteiger partial charge is 0.185 e. The highest BCUT2D eigenvalue weighted by Crippen LogP contribution is 2.39. The number of methoxy groups -OCH3 is 1. The number of nitrogens with one attached hydrogen (secondary N) is 1. The molecule has 2 heterocycles. The first-order chi connectivity index (χ1) is 9.73. The Hall–Kier alpha value is -0.650. The Kier molecular flexibility index (Phi) is 5.81. The highest BCUT2D eigenvalue weighted by atomic mass is 32.1. The molecule has 2 rings (SSSR count).